The Bertz CT molecular complexity index is 1680. The van der Waals surface area contributed by atoms with Gasteiger partial charge in [0.2, 0.25) is 0 Å². The lowest BCUT2D eigenvalue weighted by atomic mass is 9.36. The molecule has 5 fully saturated rings. The number of thiocarbonyl (C=S) groups is 1. The molecular weight excluding hydrogens is 663 g/mol. The average molecular weight is 701 g/mol. The van der Waals surface area contributed by atoms with E-state index in [9.17, 15) is 19.1 Å². The largest absolute Gasteiger partial charge is 0.481 e. The molecule has 14 heteroatoms. The van der Waals surface area contributed by atoms with E-state index in [1.807, 2.05) is 19.2 Å². The number of aromatic nitrogens is 1. The molecule has 10 nitrogen and oxygen atoms in total. The second kappa shape index (κ2) is 11.8. The van der Waals surface area contributed by atoms with E-state index in [4.69, 9.17) is 33.5 Å². The van der Waals surface area contributed by atoms with Gasteiger partial charge in [-0.2, -0.15) is 0 Å². The summed E-state index contributed by atoms with van der Waals surface area (Å²) in [6.45, 7) is 9.09. The van der Waals surface area contributed by atoms with Crippen LogP contribution in [0.1, 0.15) is 63.1 Å². The summed E-state index contributed by atoms with van der Waals surface area (Å²) in [4.78, 5) is 41.7. The predicted octanol–water partition coefficient (Wildman–Crippen LogP) is 4.85. The van der Waals surface area contributed by atoms with Crippen LogP contribution >= 0.6 is 35.2 Å². The van der Waals surface area contributed by atoms with Crippen molar-refractivity contribution in [3.63, 3.8) is 0 Å². The molecule has 0 unspecified atom stereocenters. The molecule has 3 saturated carbocycles. The van der Waals surface area contributed by atoms with Crippen LogP contribution in [0.2, 0.25) is 5.02 Å². The van der Waals surface area contributed by atoms with E-state index in [1.165, 1.54) is 23.5 Å². The molecule has 2 saturated heterocycles. The van der Waals surface area contributed by atoms with E-state index in [2.05, 4.69) is 25.0 Å². The van der Waals surface area contributed by atoms with E-state index in [0.29, 0.717) is 40.6 Å². The maximum atomic E-state index is 14.1. The molecular formula is C33H38ClFN6O4S2. The number of carbonyl (C=O) groups is 2. The van der Waals surface area contributed by atoms with Gasteiger partial charge >= 0.3 is 11.9 Å². The number of fused-ring (bicyclic) bond motifs is 1. The minimum atomic E-state index is -0.809. The van der Waals surface area contributed by atoms with Gasteiger partial charge in [-0.3, -0.25) is 14.7 Å². The SMILES string of the molecule is CCOC(=O)C1=C(CN2CCN3C(=S)N(C45CC(CC(C)(C)C(=O)O)(C4)C5)C[C@@H]3C2)NC(c2nccs2)=N[C@H]1c1ccc(F)cc1Cl. The number of nitrogens with one attached hydrogen (secondary N) is 1. The Morgan fingerprint density at radius 1 is 1.26 bits per heavy atom. The number of aliphatic imine (C=N–C) groups is 1. The highest BCUT2D eigenvalue weighted by Crippen LogP contribution is 2.73. The molecule has 2 bridgehead atoms. The van der Waals surface area contributed by atoms with Crippen LogP contribution in [-0.4, -0.2) is 98.6 Å². The number of piperazine rings is 1. The zero-order valence-electron chi connectivity index (χ0n) is 26.6. The van der Waals surface area contributed by atoms with Crippen LogP contribution in [0.15, 0.2) is 46.0 Å². The number of amidine groups is 1. The van der Waals surface area contributed by atoms with E-state index < -0.39 is 29.2 Å². The number of carbonyl (C=O) groups excluding carboxylic acids is 1. The normalized spacial score (nSPS) is 28.7. The van der Waals surface area contributed by atoms with E-state index in [1.54, 1.807) is 19.2 Å². The fraction of sp³-hybridized carbons (Fsp3) is 0.545. The maximum absolute atomic E-state index is 14.1. The van der Waals surface area contributed by atoms with Crippen LogP contribution in [-0.2, 0) is 14.3 Å². The number of esters is 1. The lowest BCUT2D eigenvalue weighted by Crippen LogP contribution is -2.75. The number of rotatable bonds is 10. The number of ether oxygens (including phenoxy) is 1. The van der Waals surface area contributed by atoms with Gasteiger partial charge in [0.25, 0.3) is 0 Å². The molecule has 3 aliphatic heterocycles. The van der Waals surface area contributed by atoms with Gasteiger partial charge in [-0.25, -0.2) is 14.2 Å². The van der Waals surface area contributed by atoms with Crippen molar-refractivity contribution >= 4 is 58.0 Å². The maximum Gasteiger partial charge on any atom is 0.338 e. The Morgan fingerprint density at radius 3 is 2.68 bits per heavy atom. The molecule has 8 rings (SSSR count). The summed E-state index contributed by atoms with van der Waals surface area (Å²) < 4.78 is 19.6. The number of hydrogen-bond donors (Lipinski definition) is 2. The number of thiazole rings is 1. The van der Waals surface area contributed by atoms with Crippen molar-refractivity contribution < 1.29 is 23.8 Å². The minimum absolute atomic E-state index is 0.0408. The molecule has 0 radical (unpaired) electrons. The molecule has 0 spiro atoms. The van der Waals surface area contributed by atoms with Gasteiger partial charge in [-0.1, -0.05) is 17.7 Å². The van der Waals surface area contributed by atoms with Gasteiger partial charge < -0.3 is 25.0 Å². The Balaban J connectivity index is 1.11. The number of nitrogens with zero attached hydrogens (tertiary/aromatic N) is 5. The standard InChI is InChI=1S/C33H38ClFN6O4S2/c1-4-45-28(42)24-23(37-26(27-36-7-10-47-27)38-25(24)21-6-5-19(35)11-22(21)34)14-39-8-9-40-20(12-39)13-41(30(40)46)33-16-32(17-33,18-33)15-31(2,3)29(43)44/h5-7,10-11,20,25H,4,8-9,12-18H2,1-3H3,(H,37,38)(H,43,44)/t20-,25-,32?,33?/m0/s1. The van der Waals surface area contributed by atoms with Crippen molar-refractivity contribution in [1.29, 1.82) is 0 Å². The highest BCUT2D eigenvalue weighted by molar-refractivity contribution is 7.80. The first-order chi connectivity index (χ1) is 22.3. The summed E-state index contributed by atoms with van der Waals surface area (Å²) in [5.41, 5.74) is 0.923. The van der Waals surface area contributed by atoms with Crippen LogP contribution in [0.3, 0.4) is 0 Å². The first-order valence-electron chi connectivity index (χ1n) is 16.0. The van der Waals surface area contributed by atoms with E-state index in [-0.39, 0.29) is 28.6 Å². The molecule has 6 aliphatic rings. The van der Waals surface area contributed by atoms with Crippen LogP contribution < -0.4 is 5.32 Å². The van der Waals surface area contributed by atoms with Gasteiger partial charge in [0.1, 0.15) is 11.9 Å². The fourth-order valence-electron chi connectivity index (χ4n) is 8.53. The van der Waals surface area contributed by atoms with Crippen molar-refractivity contribution in [2.75, 3.05) is 39.3 Å². The number of carboxylic acid groups (broad SMARTS) is 1. The van der Waals surface area contributed by atoms with Gasteiger partial charge in [0.05, 0.1) is 23.6 Å². The van der Waals surface area contributed by atoms with Gasteiger partial charge in [0.15, 0.2) is 16.0 Å². The Hall–Kier alpha value is -3.13. The third kappa shape index (κ3) is 5.62. The highest BCUT2D eigenvalue weighted by atomic mass is 35.5. The smallest absolute Gasteiger partial charge is 0.338 e. The average Bonchev–Trinajstić information content (AvgIpc) is 3.62. The zero-order chi connectivity index (χ0) is 33.3. The minimum Gasteiger partial charge on any atom is -0.481 e. The summed E-state index contributed by atoms with van der Waals surface area (Å²) in [6.07, 6.45) is 5.37. The summed E-state index contributed by atoms with van der Waals surface area (Å²) in [5.74, 6) is -1.20. The topological polar surface area (TPSA) is 111 Å². The first kappa shape index (κ1) is 32.4. The van der Waals surface area contributed by atoms with Crippen molar-refractivity contribution in [3.8, 4) is 0 Å². The van der Waals surface area contributed by atoms with Crippen LogP contribution in [0.5, 0.6) is 0 Å². The van der Waals surface area contributed by atoms with Gasteiger partial charge in [-0.05, 0) is 76.2 Å². The summed E-state index contributed by atoms with van der Waals surface area (Å²) in [5, 5.41) is 16.7. The lowest BCUT2D eigenvalue weighted by molar-refractivity contribution is -0.214. The summed E-state index contributed by atoms with van der Waals surface area (Å²) in [7, 11) is 0. The number of benzene rings is 1. The Morgan fingerprint density at radius 2 is 2.02 bits per heavy atom. The molecule has 2 aromatic rings. The summed E-state index contributed by atoms with van der Waals surface area (Å²) in [6, 6.07) is 3.50. The molecule has 47 heavy (non-hydrogen) atoms. The van der Waals surface area contributed by atoms with Crippen LogP contribution in [0.25, 0.3) is 0 Å². The Labute approximate surface area is 287 Å². The molecule has 2 atom stereocenters. The fourth-order valence-corrected chi connectivity index (χ4v) is 9.89. The number of carboxylic acids is 1. The highest BCUT2D eigenvalue weighted by Gasteiger charge is 2.72. The molecule has 0 amide bonds. The lowest BCUT2D eigenvalue weighted by Gasteiger charge is -2.74. The van der Waals surface area contributed by atoms with Crippen molar-refractivity contribution in [2.24, 2.45) is 15.8 Å². The molecule has 1 aromatic heterocycles. The van der Waals surface area contributed by atoms with Crippen molar-refractivity contribution in [2.45, 2.75) is 64.1 Å². The third-order valence-corrected chi connectivity index (χ3v) is 12.0. The second-order valence-corrected chi connectivity index (χ2v) is 15.9. The molecule has 250 valence electrons. The quantitative estimate of drug-likeness (QED) is 0.264. The third-order valence-electron chi connectivity index (χ3n) is 10.4. The second-order valence-electron chi connectivity index (χ2n) is 14.2. The number of halogens is 2. The molecule has 1 aromatic carbocycles. The van der Waals surface area contributed by atoms with Crippen molar-refractivity contribution in [1.82, 2.24) is 25.0 Å². The number of aliphatic carboxylic acids is 1. The van der Waals surface area contributed by atoms with Crippen molar-refractivity contribution in [3.05, 3.63) is 62.5 Å². The van der Waals surface area contributed by atoms with Crippen LogP contribution in [0.4, 0.5) is 4.39 Å². The molecule has 2 N–H and O–H groups in total. The van der Waals surface area contributed by atoms with E-state index >= 15 is 0 Å². The van der Waals surface area contributed by atoms with Gasteiger partial charge in [-0.15, -0.1) is 11.3 Å². The molecule has 4 heterocycles. The van der Waals surface area contributed by atoms with E-state index in [0.717, 1.165) is 50.6 Å². The zero-order valence-corrected chi connectivity index (χ0v) is 29.0. The predicted molar refractivity (Wildman–Crippen MR) is 181 cm³/mol. The number of hydrogen-bond acceptors (Lipinski definition) is 9. The van der Waals surface area contributed by atoms with Crippen LogP contribution in [0, 0.1) is 16.6 Å². The molecule has 3 aliphatic carbocycles. The first-order valence-corrected chi connectivity index (χ1v) is 17.6. The Kier molecular flexibility index (Phi) is 8.13. The van der Waals surface area contributed by atoms with Gasteiger partial charge in [0, 0.05) is 66.1 Å². The summed E-state index contributed by atoms with van der Waals surface area (Å²) >= 11 is 14.0. The monoisotopic (exact) mass is 700 g/mol.